The van der Waals surface area contributed by atoms with Crippen molar-refractivity contribution < 1.29 is 4.79 Å². The summed E-state index contributed by atoms with van der Waals surface area (Å²) in [6.45, 7) is 3.23. The molecule has 0 aromatic carbocycles. The van der Waals surface area contributed by atoms with Crippen molar-refractivity contribution in [2.24, 2.45) is 11.5 Å². The Kier molecular flexibility index (Phi) is 5.49. The van der Waals surface area contributed by atoms with Crippen LogP contribution in [0.5, 0.6) is 0 Å². The van der Waals surface area contributed by atoms with E-state index in [9.17, 15) is 4.79 Å². The molecule has 2 amide bonds. The van der Waals surface area contributed by atoms with E-state index in [-0.39, 0.29) is 30.5 Å². The third kappa shape index (κ3) is 3.72. The van der Waals surface area contributed by atoms with Crippen molar-refractivity contribution in [1.29, 1.82) is 0 Å². The van der Waals surface area contributed by atoms with Crippen LogP contribution in [0.3, 0.4) is 0 Å². The number of hydrogen-bond donors (Lipinski definition) is 2. The Hall–Kier alpha value is -0.520. The molecule has 2 heterocycles. The second-order valence-corrected chi connectivity index (χ2v) is 4.93. The minimum atomic E-state index is 0. The van der Waals surface area contributed by atoms with Crippen molar-refractivity contribution in [3.63, 3.8) is 0 Å². The molecule has 0 aromatic rings. The average Bonchev–Trinajstić information content (AvgIpc) is 2.30. The van der Waals surface area contributed by atoms with Gasteiger partial charge in [-0.05, 0) is 25.7 Å². The number of piperidine rings is 2. The van der Waals surface area contributed by atoms with Crippen LogP contribution >= 0.6 is 12.4 Å². The smallest absolute Gasteiger partial charge is 0.320 e. The van der Waals surface area contributed by atoms with Gasteiger partial charge in [-0.25, -0.2) is 4.79 Å². The molecule has 0 aliphatic carbocycles. The Balaban J connectivity index is 0.00000144. The number of urea groups is 1. The van der Waals surface area contributed by atoms with E-state index >= 15 is 0 Å². The lowest BCUT2D eigenvalue weighted by Gasteiger charge is -2.37. The molecule has 0 radical (unpaired) electrons. The fourth-order valence-electron chi connectivity index (χ4n) is 2.38. The highest BCUT2D eigenvalue weighted by atomic mass is 35.5. The first kappa shape index (κ1) is 14.5. The number of amides is 2. The fourth-order valence-corrected chi connectivity index (χ4v) is 2.38. The van der Waals surface area contributed by atoms with Crippen LogP contribution in [-0.2, 0) is 0 Å². The summed E-state index contributed by atoms with van der Waals surface area (Å²) in [5, 5.41) is 0. The number of rotatable bonds is 0. The van der Waals surface area contributed by atoms with E-state index in [0.717, 1.165) is 51.9 Å². The second-order valence-electron chi connectivity index (χ2n) is 4.93. The van der Waals surface area contributed by atoms with E-state index in [1.165, 1.54) is 0 Å². The van der Waals surface area contributed by atoms with E-state index in [1.54, 1.807) is 0 Å². The quantitative estimate of drug-likeness (QED) is 0.663. The molecule has 4 N–H and O–H groups in total. The van der Waals surface area contributed by atoms with Gasteiger partial charge in [0.25, 0.3) is 0 Å². The number of carbonyl (C=O) groups excluding carboxylic acids is 1. The molecular formula is C11H23ClN4O. The van der Waals surface area contributed by atoms with Crippen LogP contribution in [0.2, 0.25) is 0 Å². The Morgan fingerprint density at radius 1 is 0.824 bits per heavy atom. The van der Waals surface area contributed by atoms with E-state index in [0.29, 0.717) is 0 Å². The van der Waals surface area contributed by atoms with Crippen molar-refractivity contribution in [1.82, 2.24) is 9.80 Å². The van der Waals surface area contributed by atoms with Gasteiger partial charge in [0, 0.05) is 38.3 Å². The van der Waals surface area contributed by atoms with Gasteiger partial charge in [-0.3, -0.25) is 0 Å². The van der Waals surface area contributed by atoms with Gasteiger partial charge in [-0.15, -0.1) is 12.4 Å². The zero-order valence-electron chi connectivity index (χ0n) is 10.2. The molecule has 0 unspecified atom stereocenters. The highest BCUT2D eigenvalue weighted by molar-refractivity contribution is 5.85. The molecule has 5 nitrogen and oxygen atoms in total. The average molecular weight is 263 g/mol. The van der Waals surface area contributed by atoms with Gasteiger partial charge in [0.05, 0.1) is 0 Å². The van der Waals surface area contributed by atoms with Gasteiger partial charge in [0.15, 0.2) is 0 Å². The molecule has 0 aromatic heterocycles. The van der Waals surface area contributed by atoms with Crippen LogP contribution in [0.15, 0.2) is 0 Å². The van der Waals surface area contributed by atoms with Crippen LogP contribution in [0.1, 0.15) is 25.7 Å². The second kappa shape index (κ2) is 6.42. The van der Waals surface area contributed by atoms with Crippen LogP contribution < -0.4 is 11.5 Å². The van der Waals surface area contributed by atoms with Crippen molar-refractivity contribution in [2.45, 2.75) is 37.8 Å². The monoisotopic (exact) mass is 262 g/mol. The zero-order valence-corrected chi connectivity index (χ0v) is 11.0. The lowest BCUT2D eigenvalue weighted by molar-refractivity contribution is 0.129. The van der Waals surface area contributed by atoms with E-state index in [1.807, 2.05) is 9.80 Å². The molecule has 17 heavy (non-hydrogen) atoms. The molecule has 2 aliphatic heterocycles. The maximum atomic E-state index is 12.1. The third-order valence-electron chi connectivity index (χ3n) is 3.62. The maximum Gasteiger partial charge on any atom is 0.320 e. The summed E-state index contributed by atoms with van der Waals surface area (Å²) >= 11 is 0. The Bertz CT molecular complexity index is 224. The predicted molar refractivity (Wildman–Crippen MR) is 70.2 cm³/mol. The third-order valence-corrected chi connectivity index (χ3v) is 3.62. The molecular weight excluding hydrogens is 240 g/mol. The number of carbonyl (C=O) groups is 1. The SMILES string of the molecule is Cl.NC1CCN(C(=O)N2CCC(N)CC2)CC1. The molecule has 2 aliphatic rings. The first-order valence-electron chi connectivity index (χ1n) is 6.22. The summed E-state index contributed by atoms with van der Waals surface area (Å²) in [4.78, 5) is 16.0. The van der Waals surface area contributed by atoms with Crippen LogP contribution in [0.4, 0.5) is 4.79 Å². The lowest BCUT2D eigenvalue weighted by atomic mass is 10.1. The molecule has 0 saturated carbocycles. The van der Waals surface area contributed by atoms with Crippen molar-refractivity contribution in [3.05, 3.63) is 0 Å². The summed E-state index contributed by atoms with van der Waals surface area (Å²) in [5.74, 6) is 0. The maximum absolute atomic E-state index is 12.1. The number of hydrogen-bond acceptors (Lipinski definition) is 3. The summed E-state index contributed by atoms with van der Waals surface area (Å²) in [6.07, 6.45) is 3.72. The summed E-state index contributed by atoms with van der Waals surface area (Å²) < 4.78 is 0. The Morgan fingerprint density at radius 3 is 1.41 bits per heavy atom. The summed E-state index contributed by atoms with van der Waals surface area (Å²) in [5.41, 5.74) is 11.7. The van der Waals surface area contributed by atoms with E-state index in [2.05, 4.69) is 0 Å². The fraction of sp³-hybridized carbons (Fsp3) is 0.909. The molecule has 0 atom stereocenters. The Morgan fingerprint density at radius 2 is 1.12 bits per heavy atom. The van der Waals surface area contributed by atoms with E-state index < -0.39 is 0 Å². The van der Waals surface area contributed by atoms with Crippen molar-refractivity contribution in [3.8, 4) is 0 Å². The molecule has 0 bridgehead atoms. The Labute approximate surface area is 109 Å². The van der Waals surface area contributed by atoms with Crippen LogP contribution in [-0.4, -0.2) is 54.1 Å². The topological polar surface area (TPSA) is 75.6 Å². The van der Waals surface area contributed by atoms with Gasteiger partial charge >= 0.3 is 6.03 Å². The standard InChI is InChI=1S/C11H22N4O.ClH/c12-9-1-5-14(6-2-9)11(16)15-7-3-10(13)4-8-15;/h9-10H,1-8,12-13H2;1H. The van der Waals surface area contributed by atoms with Crippen molar-refractivity contribution in [2.75, 3.05) is 26.2 Å². The van der Waals surface area contributed by atoms with E-state index in [4.69, 9.17) is 11.5 Å². The minimum Gasteiger partial charge on any atom is -0.328 e. The summed E-state index contributed by atoms with van der Waals surface area (Å²) in [6, 6.07) is 0.733. The normalized spacial score (nSPS) is 23.4. The molecule has 2 saturated heterocycles. The lowest BCUT2D eigenvalue weighted by Crippen LogP contribution is -2.52. The predicted octanol–water partition coefficient (Wildman–Crippen LogP) is 0.374. The first-order chi connectivity index (χ1) is 7.66. The molecule has 0 spiro atoms. The molecule has 100 valence electrons. The van der Waals surface area contributed by atoms with Gasteiger partial charge in [-0.1, -0.05) is 0 Å². The highest BCUT2D eigenvalue weighted by Gasteiger charge is 2.27. The molecule has 2 rings (SSSR count). The molecule has 2 fully saturated rings. The van der Waals surface area contributed by atoms with Gasteiger partial charge in [-0.2, -0.15) is 0 Å². The number of nitrogens with zero attached hydrogens (tertiary/aromatic N) is 2. The first-order valence-corrected chi connectivity index (χ1v) is 6.22. The van der Waals surface area contributed by atoms with Crippen molar-refractivity contribution >= 4 is 18.4 Å². The van der Waals surface area contributed by atoms with Gasteiger partial charge < -0.3 is 21.3 Å². The number of likely N-dealkylation sites (tertiary alicyclic amines) is 2. The van der Waals surface area contributed by atoms with Crippen LogP contribution in [0, 0.1) is 0 Å². The largest absolute Gasteiger partial charge is 0.328 e. The molecule has 6 heteroatoms. The summed E-state index contributed by atoms with van der Waals surface area (Å²) in [7, 11) is 0. The number of nitrogens with two attached hydrogens (primary N) is 2. The highest BCUT2D eigenvalue weighted by Crippen LogP contribution is 2.14. The minimum absolute atomic E-state index is 0. The van der Waals surface area contributed by atoms with Gasteiger partial charge in [0.1, 0.15) is 0 Å². The zero-order chi connectivity index (χ0) is 11.5. The van der Waals surface area contributed by atoms with Gasteiger partial charge in [0.2, 0.25) is 0 Å². The number of halogens is 1. The van der Waals surface area contributed by atoms with Crippen LogP contribution in [0.25, 0.3) is 0 Å².